The third-order valence-corrected chi connectivity index (χ3v) is 3.48. The lowest BCUT2D eigenvalue weighted by atomic mass is 10.0. The van der Waals surface area contributed by atoms with E-state index < -0.39 is 0 Å². The van der Waals surface area contributed by atoms with Crippen molar-refractivity contribution in [3.8, 4) is 5.75 Å². The molecular weight excluding hydrogens is 245 g/mol. The van der Waals surface area contributed by atoms with Crippen molar-refractivity contribution in [1.82, 2.24) is 0 Å². The zero-order valence-electron chi connectivity index (χ0n) is 11.4. The van der Waals surface area contributed by atoms with Gasteiger partial charge >= 0.3 is 0 Å². The van der Waals surface area contributed by atoms with Crippen LogP contribution < -0.4 is 10.5 Å². The average Bonchev–Trinajstić information content (AvgIpc) is 2.43. The Morgan fingerprint density at radius 2 is 2.16 bits per heavy atom. The highest BCUT2D eigenvalue weighted by Crippen LogP contribution is 2.23. The van der Waals surface area contributed by atoms with Crippen LogP contribution in [0.1, 0.15) is 31.7 Å². The first-order chi connectivity index (χ1) is 9.19. The highest BCUT2D eigenvalue weighted by atomic mass is 19.1. The third-order valence-electron chi connectivity index (χ3n) is 3.48. The maximum Gasteiger partial charge on any atom is 0.165 e. The Hall–Kier alpha value is -1.13. The fourth-order valence-corrected chi connectivity index (χ4v) is 2.19. The van der Waals surface area contributed by atoms with Gasteiger partial charge in [0.05, 0.1) is 13.2 Å². The van der Waals surface area contributed by atoms with Gasteiger partial charge in [-0.2, -0.15) is 0 Å². The molecule has 4 heteroatoms. The smallest absolute Gasteiger partial charge is 0.165 e. The van der Waals surface area contributed by atoms with E-state index in [9.17, 15) is 4.39 Å². The van der Waals surface area contributed by atoms with Gasteiger partial charge in [-0.15, -0.1) is 0 Å². The van der Waals surface area contributed by atoms with Gasteiger partial charge in [0.1, 0.15) is 6.10 Å². The van der Waals surface area contributed by atoms with Crippen LogP contribution >= 0.6 is 0 Å². The van der Waals surface area contributed by atoms with Crippen LogP contribution in [0.4, 0.5) is 4.39 Å². The van der Waals surface area contributed by atoms with Crippen molar-refractivity contribution in [2.45, 2.75) is 44.8 Å². The molecule has 0 spiro atoms. The molecule has 1 unspecified atom stereocenters. The first-order valence-corrected chi connectivity index (χ1v) is 6.97. The number of hydrogen-bond acceptors (Lipinski definition) is 3. The van der Waals surface area contributed by atoms with Crippen molar-refractivity contribution in [2.24, 2.45) is 5.73 Å². The number of benzene rings is 1. The van der Waals surface area contributed by atoms with Crippen molar-refractivity contribution in [3.05, 3.63) is 29.6 Å². The topological polar surface area (TPSA) is 44.5 Å². The number of halogens is 1. The van der Waals surface area contributed by atoms with Gasteiger partial charge in [-0.1, -0.05) is 13.0 Å². The Labute approximate surface area is 113 Å². The Morgan fingerprint density at radius 1 is 1.42 bits per heavy atom. The number of rotatable bonds is 5. The molecule has 2 N–H and O–H groups in total. The van der Waals surface area contributed by atoms with E-state index in [-0.39, 0.29) is 18.0 Å². The summed E-state index contributed by atoms with van der Waals surface area (Å²) in [7, 11) is 0. The van der Waals surface area contributed by atoms with E-state index in [1.54, 1.807) is 6.07 Å². The number of nitrogens with two attached hydrogens (primary N) is 1. The molecule has 0 aliphatic carbocycles. The van der Waals surface area contributed by atoms with Gasteiger partial charge in [0, 0.05) is 18.9 Å². The summed E-state index contributed by atoms with van der Waals surface area (Å²) in [5, 5.41) is 0. The third kappa shape index (κ3) is 4.18. The molecule has 3 nitrogen and oxygen atoms in total. The zero-order chi connectivity index (χ0) is 13.7. The highest BCUT2D eigenvalue weighted by molar-refractivity contribution is 5.30. The molecule has 106 valence electrons. The molecule has 0 aromatic heterocycles. The molecule has 0 saturated carbocycles. The fourth-order valence-electron chi connectivity index (χ4n) is 2.19. The average molecular weight is 267 g/mol. The Kier molecular flexibility index (Phi) is 5.16. The lowest BCUT2D eigenvalue weighted by Crippen LogP contribution is -2.26. The van der Waals surface area contributed by atoms with Crippen LogP contribution in [0.5, 0.6) is 5.75 Å². The summed E-state index contributed by atoms with van der Waals surface area (Å²) in [6.45, 7) is 3.41. The van der Waals surface area contributed by atoms with Crippen LogP contribution in [0.3, 0.4) is 0 Å². The molecule has 19 heavy (non-hydrogen) atoms. The Morgan fingerprint density at radius 3 is 2.79 bits per heavy atom. The maximum atomic E-state index is 14.0. The summed E-state index contributed by atoms with van der Waals surface area (Å²) in [5.41, 5.74) is 6.80. The summed E-state index contributed by atoms with van der Waals surface area (Å²) in [5.74, 6) is 0.0352. The first-order valence-electron chi connectivity index (χ1n) is 6.97. The summed E-state index contributed by atoms with van der Waals surface area (Å²) < 4.78 is 24.9. The largest absolute Gasteiger partial charge is 0.487 e. The minimum Gasteiger partial charge on any atom is -0.487 e. The first kappa shape index (κ1) is 14.3. The molecule has 1 aromatic rings. The van der Waals surface area contributed by atoms with E-state index in [0.717, 1.165) is 24.8 Å². The minimum atomic E-state index is -0.299. The summed E-state index contributed by atoms with van der Waals surface area (Å²) in [4.78, 5) is 0. The van der Waals surface area contributed by atoms with Gasteiger partial charge in [-0.25, -0.2) is 4.39 Å². The molecule has 1 aromatic carbocycles. The molecule has 1 atom stereocenters. The normalized spacial score (nSPS) is 18.3. The van der Waals surface area contributed by atoms with Crippen molar-refractivity contribution < 1.29 is 13.9 Å². The zero-order valence-corrected chi connectivity index (χ0v) is 11.4. The van der Waals surface area contributed by atoms with E-state index in [2.05, 4.69) is 0 Å². The molecule has 1 fully saturated rings. The molecule has 1 saturated heterocycles. The van der Waals surface area contributed by atoms with E-state index >= 15 is 0 Å². The van der Waals surface area contributed by atoms with Crippen molar-refractivity contribution >= 4 is 0 Å². The monoisotopic (exact) mass is 267 g/mol. The second kappa shape index (κ2) is 6.87. The summed E-state index contributed by atoms with van der Waals surface area (Å²) >= 11 is 0. The van der Waals surface area contributed by atoms with Crippen molar-refractivity contribution in [1.29, 1.82) is 0 Å². The molecule has 0 amide bonds. The standard InChI is InChI=1S/C15H22FNO2/c1-2-12(17)9-11-3-4-15(14(16)10-11)19-13-5-7-18-8-6-13/h3-4,10,12-13H,2,5-9,17H2,1H3. The minimum absolute atomic E-state index is 0.0620. The van der Waals surface area contributed by atoms with Gasteiger partial charge in [-0.3, -0.25) is 0 Å². The molecule has 0 radical (unpaired) electrons. The van der Waals surface area contributed by atoms with Crippen molar-refractivity contribution in [2.75, 3.05) is 13.2 Å². The molecule has 0 bridgehead atoms. The number of hydrogen-bond donors (Lipinski definition) is 1. The molecular formula is C15H22FNO2. The predicted molar refractivity (Wildman–Crippen MR) is 72.8 cm³/mol. The molecule has 1 aliphatic heterocycles. The van der Waals surface area contributed by atoms with Gasteiger partial charge in [0.2, 0.25) is 0 Å². The lowest BCUT2D eigenvalue weighted by Gasteiger charge is -2.23. The van der Waals surface area contributed by atoms with Crippen LogP contribution in [-0.4, -0.2) is 25.4 Å². The van der Waals surface area contributed by atoms with Crippen molar-refractivity contribution in [3.63, 3.8) is 0 Å². The second-order valence-electron chi connectivity index (χ2n) is 5.07. The second-order valence-corrected chi connectivity index (χ2v) is 5.07. The fraction of sp³-hybridized carbons (Fsp3) is 0.600. The molecule has 1 heterocycles. The van der Waals surface area contributed by atoms with Gasteiger partial charge in [0.15, 0.2) is 11.6 Å². The van der Waals surface area contributed by atoms with E-state index in [0.29, 0.717) is 25.4 Å². The highest BCUT2D eigenvalue weighted by Gasteiger charge is 2.17. The molecule has 1 aliphatic rings. The van der Waals surface area contributed by atoms with Gasteiger partial charge in [-0.05, 0) is 30.5 Å². The van der Waals surface area contributed by atoms with Gasteiger partial charge < -0.3 is 15.2 Å². The summed E-state index contributed by atoms with van der Waals surface area (Å²) in [6.07, 6.45) is 3.29. The van der Waals surface area contributed by atoms with E-state index in [1.807, 2.05) is 13.0 Å². The Bertz CT molecular complexity index is 405. The van der Waals surface area contributed by atoms with Crippen LogP contribution in [0.25, 0.3) is 0 Å². The van der Waals surface area contributed by atoms with Crippen LogP contribution in [0, 0.1) is 5.82 Å². The van der Waals surface area contributed by atoms with Crippen LogP contribution in [-0.2, 0) is 11.2 Å². The SMILES string of the molecule is CCC(N)Cc1ccc(OC2CCOCC2)c(F)c1. The Balaban J connectivity index is 1.98. The van der Waals surface area contributed by atoms with Gasteiger partial charge in [0.25, 0.3) is 0 Å². The number of ether oxygens (including phenoxy) is 2. The summed E-state index contributed by atoms with van der Waals surface area (Å²) in [6, 6.07) is 5.22. The van der Waals surface area contributed by atoms with Crippen LogP contribution in [0.2, 0.25) is 0 Å². The maximum absolute atomic E-state index is 14.0. The lowest BCUT2D eigenvalue weighted by molar-refractivity contribution is 0.0240. The van der Waals surface area contributed by atoms with E-state index in [4.69, 9.17) is 15.2 Å². The van der Waals surface area contributed by atoms with Crippen LogP contribution in [0.15, 0.2) is 18.2 Å². The predicted octanol–water partition coefficient (Wildman–Crippen LogP) is 2.66. The van der Waals surface area contributed by atoms with E-state index in [1.165, 1.54) is 6.07 Å². The molecule has 2 rings (SSSR count). The quantitative estimate of drug-likeness (QED) is 0.892.